The van der Waals surface area contributed by atoms with Gasteiger partial charge in [-0.1, -0.05) is 13.0 Å². The van der Waals surface area contributed by atoms with Gasteiger partial charge in [-0.25, -0.2) is 4.98 Å². The Hall–Kier alpha value is -1.35. The van der Waals surface area contributed by atoms with Crippen molar-refractivity contribution in [2.24, 2.45) is 5.92 Å². The Balaban J connectivity index is 1.72. The number of imidazole rings is 1. The largest absolute Gasteiger partial charge is 0.307 e. The van der Waals surface area contributed by atoms with Crippen LogP contribution in [0.3, 0.4) is 0 Å². The minimum Gasteiger partial charge on any atom is -0.307 e. The average molecular weight is 229 g/mol. The number of pyridine rings is 1. The molecule has 0 spiro atoms. The number of hydrogen-bond acceptors (Lipinski definition) is 2. The van der Waals surface area contributed by atoms with Crippen molar-refractivity contribution < 1.29 is 0 Å². The SMILES string of the molecule is CC1CCN(Cc2cn3ccccc3n2)CC1. The first-order valence-electron chi connectivity index (χ1n) is 6.46. The Kier molecular flexibility index (Phi) is 2.85. The van der Waals surface area contributed by atoms with E-state index in [2.05, 4.69) is 39.7 Å². The van der Waals surface area contributed by atoms with Crippen molar-refractivity contribution >= 4 is 5.65 Å². The van der Waals surface area contributed by atoms with E-state index in [0.717, 1.165) is 18.1 Å². The van der Waals surface area contributed by atoms with Crippen LogP contribution in [-0.2, 0) is 6.54 Å². The van der Waals surface area contributed by atoms with E-state index in [1.165, 1.54) is 31.6 Å². The van der Waals surface area contributed by atoms with Crippen molar-refractivity contribution in [1.29, 1.82) is 0 Å². The minimum atomic E-state index is 0.896. The summed E-state index contributed by atoms with van der Waals surface area (Å²) in [6, 6.07) is 6.14. The van der Waals surface area contributed by atoms with E-state index in [1.54, 1.807) is 0 Å². The van der Waals surface area contributed by atoms with Gasteiger partial charge in [0.15, 0.2) is 0 Å². The Morgan fingerprint density at radius 1 is 1.29 bits per heavy atom. The van der Waals surface area contributed by atoms with Gasteiger partial charge in [-0.05, 0) is 44.0 Å². The number of likely N-dealkylation sites (tertiary alicyclic amines) is 1. The molecule has 3 heterocycles. The summed E-state index contributed by atoms with van der Waals surface area (Å²) in [5, 5.41) is 0. The number of fused-ring (bicyclic) bond motifs is 1. The van der Waals surface area contributed by atoms with Crippen molar-refractivity contribution in [3.05, 3.63) is 36.3 Å². The van der Waals surface area contributed by atoms with Crippen LogP contribution in [0, 0.1) is 5.92 Å². The van der Waals surface area contributed by atoms with Crippen LogP contribution in [0.15, 0.2) is 30.6 Å². The molecule has 1 aliphatic heterocycles. The quantitative estimate of drug-likeness (QED) is 0.789. The van der Waals surface area contributed by atoms with Crippen LogP contribution in [0.1, 0.15) is 25.5 Å². The van der Waals surface area contributed by atoms with Crippen LogP contribution in [0.4, 0.5) is 0 Å². The van der Waals surface area contributed by atoms with Crippen molar-refractivity contribution in [3.63, 3.8) is 0 Å². The van der Waals surface area contributed by atoms with Crippen molar-refractivity contribution in [3.8, 4) is 0 Å². The van der Waals surface area contributed by atoms with Crippen LogP contribution in [-0.4, -0.2) is 27.4 Å². The summed E-state index contributed by atoms with van der Waals surface area (Å²) in [7, 11) is 0. The molecule has 1 aliphatic rings. The maximum atomic E-state index is 4.65. The summed E-state index contributed by atoms with van der Waals surface area (Å²) >= 11 is 0. The number of rotatable bonds is 2. The van der Waals surface area contributed by atoms with E-state index in [4.69, 9.17) is 0 Å². The van der Waals surface area contributed by atoms with Crippen molar-refractivity contribution in [2.45, 2.75) is 26.3 Å². The smallest absolute Gasteiger partial charge is 0.137 e. The minimum absolute atomic E-state index is 0.896. The molecule has 0 radical (unpaired) electrons. The second-order valence-corrected chi connectivity index (χ2v) is 5.16. The fourth-order valence-corrected chi connectivity index (χ4v) is 2.51. The standard InChI is InChI=1S/C14H19N3/c1-12-5-8-16(9-6-12)10-13-11-17-7-3-2-4-14(17)15-13/h2-4,7,11-12H,5-6,8-10H2,1H3. The van der Waals surface area contributed by atoms with Gasteiger partial charge in [0.2, 0.25) is 0 Å². The van der Waals surface area contributed by atoms with E-state index in [1.807, 2.05) is 12.1 Å². The lowest BCUT2D eigenvalue weighted by atomic mass is 9.99. The highest BCUT2D eigenvalue weighted by atomic mass is 15.1. The maximum absolute atomic E-state index is 4.65. The maximum Gasteiger partial charge on any atom is 0.137 e. The van der Waals surface area contributed by atoms with Gasteiger partial charge in [0, 0.05) is 18.9 Å². The molecule has 0 bridgehead atoms. The molecule has 3 rings (SSSR count). The molecule has 0 aromatic carbocycles. The van der Waals surface area contributed by atoms with E-state index in [0.29, 0.717) is 0 Å². The van der Waals surface area contributed by atoms with Gasteiger partial charge in [0.05, 0.1) is 5.69 Å². The molecule has 90 valence electrons. The first kappa shape index (κ1) is 10.8. The molecule has 0 unspecified atom stereocenters. The molecule has 0 N–H and O–H groups in total. The third-order valence-electron chi connectivity index (χ3n) is 3.68. The first-order valence-corrected chi connectivity index (χ1v) is 6.46. The highest BCUT2D eigenvalue weighted by Gasteiger charge is 2.16. The zero-order chi connectivity index (χ0) is 11.7. The van der Waals surface area contributed by atoms with E-state index in [9.17, 15) is 0 Å². The van der Waals surface area contributed by atoms with Gasteiger partial charge in [0.1, 0.15) is 5.65 Å². The molecule has 0 aliphatic carbocycles. The second-order valence-electron chi connectivity index (χ2n) is 5.16. The predicted molar refractivity (Wildman–Crippen MR) is 68.9 cm³/mol. The molecule has 0 saturated carbocycles. The first-order chi connectivity index (χ1) is 8.31. The topological polar surface area (TPSA) is 20.5 Å². The fourth-order valence-electron chi connectivity index (χ4n) is 2.51. The summed E-state index contributed by atoms with van der Waals surface area (Å²) in [6.45, 7) is 5.78. The van der Waals surface area contributed by atoms with Gasteiger partial charge in [-0.2, -0.15) is 0 Å². The van der Waals surface area contributed by atoms with E-state index >= 15 is 0 Å². The molecule has 2 aromatic heterocycles. The second kappa shape index (κ2) is 4.49. The normalized spacial score (nSPS) is 18.9. The van der Waals surface area contributed by atoms with Crippen molar-refractivity contribution in [2.75, 3.05) is 13.1 Å². The Bertz CT molecular complexity index is 462. The van der Waals surface area contributed by atoms with Gasteiger partial charge in [0.25, 0.3) is 0 Å². The third-order valence-corrected chi connectivity index (χ3v) is 3.68. The molecular weight excluding hydrogens is 210 g/mol. The van der Waals surface area contributed by atoms with Crippen LogP contribution in [0.2, 0.25) is 0 Å². The van der Waals surface area contributed by atoms with E-state index in [-0.39, 0.29) is 0 Å². The van der Waals surface area contributed by atoms with Gasteiger partial charge in [-0.3, -0.25) is 4.90 Å². The number of hydrogen-bond donors (Lipinski definition) is 0. The van der Waals surface area contributed by atoms with Gasteiger partial charge in [-0.15, -0.1) is 0 Å². The van der Waals surface area contributed by atoms with Gasteiger partial charge >= 0.3 is 0 Å². The third kappa shape index (κ3) is 2.34. The molecule has 1 fully saturated rings. The Morgan fingerprint density at radius 3 is 2.88 bits per heavy atom. The summed E-state index contributed by atoms with van der Waals surface area (Å²) in [5.41, 5.74) is 2.23. The molecular formula is C14H19N3. The molecule has 3 nitrogen and oxygen atoms in total. The van der Waals surface area contributed by atoms with Crippen LogP contribution >= 0.6 is 0 Å². The Labute approximate surface area is 102 Å². The summed E-state index contributed by atoms with van der Waals surface area (Å²) in [5.74, 6) is 0.896. The molecule has 0 atom stereocenters. The lowest BCUT2D eigenvalue weighted by molar-refractivity contribution is 0.183. The average Bonchev–Trinajstić information content (AvgIpc) is 2.74. The molecule has 1 saturated heterocycles. The van der Waals surface area contributed by atoms with Crippen LogP contribution < -0.4 is 0 Å². The number of aromatic nitrogens is 2. The summed E-state index contributed by atoms with van der Waals surface area (Å²) < 4.78 is 2.10. The lowest BCUT2D eigenvalue weighted by Crippen LogP contribution is -2.32. The van der Waals surface area contributed by atoms with Crippen LogP contribution in [0.25, 0.3) is 5.65 Å². The van der Waals surface area contributed by atoms with Crippen LogP contribution in [0.5, 0.6) is 0 Å². The molecule has 2 aromatic rings. The predicted octanol–water partition coefficient (Wildman–Crippen LogP) is 2.57. The molecule has 3 heteroatoms. The molecule has 0 amide bonds. The monoisotopic (exact) mass is 229 g/mol. The fraction of sp³-hybridized carbons (Fsp3) is 0.500. The highest BCUT2D eigenvalue weighted by molar-refractivity contribution is 5.39. The summed E-state index contributed by atoms with van der Waals surface area (Å²) in [6.07, 6.45) is 6.86. The number of nitrogens with zero attached hydrogens (tertiary/aromatic N) is 3. The zero-order valence-corrected chi connectivity index (χ0v) is 10.3. The zero-order valence-electron chi connectivity index (χ0n) is 10.3. The lowest BCUT2D eigenvalue weighted by Gasteiger charge is -2.29. The summed E-state index contributed by atoms with van der Waals surface area (Å²) in [4.78, 5) is 7.16. The van der Waals surface area contributed by atoms with Gasteiger partial charge < -0.3 is 4.40 Å². The number of piperidine rings is 1. The Morgan fingerprint density at radius 2 is 2.12 bits per heavy atom. The molecule has 17 heavy (non-hydrogen) atoms. The van der Waals surface area contributed by atoms with E-state index < -0.39 is 0 Å². The highest BCUT2D eigenvalue weighted by Crippen LogP contribution is 2.18. The van der Waals surface area contributed by atoms with Crippen molar-refractivity contribution in [1.82, 2.24) is 14.3 Å².